The molecule has 0 unspecified atom stereocenters. The third-order valence-electron chi connectivity index (χ3n) is 5.54. The fraction of sp³-hybridized carbons (Fsp3) is 0.154. The summed E-state index contributed by atoms with van der Waals surface area (Å²) >= 11 is 0. The van der Waals surface area contributed by atoms with Crippen molar-refractivity contribution >= 4 is 43.7 Å². The van der Waals surface area contributed by atoms with Crippen molar-refractivity contribution in [3.63, 3.8) is 0 Å². The highest BCUT2D eigenvalue weighted by atomic mass is 14.9. The molecule has 0 radical (unpaired) electrons. The Bertz CT molecular complexity index is 1260. The Labute approximate surface area is 160 Å². The summed E-state index contributed by atoms with van der Waals surface area (Å²) in [7, 11) is 0. The zero-order chi connectivity index (χ0) is 18.6. The van der Waals surface area contributed by atoms with E-state index in [0.29, 0.717) is 0 Å². The van der Waals surface area contributed by atoms with E-state index in [1.807, 2.05) is 0 Å². The number of nitrogens with one attached hydrogen (secondary N) is 1. The van der Waals surface area contributed by atoms with Gasteiger partial charge >= 0.3 is 0 Å². The van der Waals surface area contributed by atoms with E-state index < -0.39 is 0 Å². The number of hydrogen-bond donors (Lipinski definition) is 1. The van der Waals surface area contributed by atoms with Crippen molar-refractivity contribution in [1.82, 2.24) is 0 Å². The molecular weight excluding hydrogens is 326 g/mol. The van der Waals surface area contributed by atoms with Crippen molar-refractivity contribution in [2.45, 2.75) is 26.2 Å². The average Bonchev–Trinajstić information content (AvgIpc) is 2.67. The van der Waals surface area contributed by atoms with Crippen molar-refractivity contribution in [3.05, 3.63) is 84.4 Å². The molecule has 5 rings (SSSR count). The third-order valence-corrected chi connectivity index (χ3v) is 5.54. The van der Waals surface area contributed by atoms with Gasteiger partial charge in [-0.1, -0.05) is 81.4 Å². The van der Waals surface area contributed by atoms with Gasteiger partial charge in [-0.3, -0.25) is 0 Å². The summed E-state index contributed by atoms with van der Waals surface area (Å²) in [5, 5.41) is 11.6. The van der Waals surface area contributed by atoms with Crippen molar-refractivity contribution in [1.29, 1.82) is 0 Å². The summed E-state index contributed by atoms with van der Waals surface area (Å²) in [6.45, 7) is 6.76. The maximum absolute atomic E-state index is 3.67. The molecular formula is C26H23N. The van der Waals surface area contributed by atoms with Gasteiger partial charge in [-0.15, -0.1) is 0 Å². The summed E-state index contributed by atoms with van der Waals surface area (Å²) in [5.41, 5.74) is 3.77. The average molecular weight is 349 g/mol. The molecule has 27 heavy (non-hydrogen) atoms. The van der Waals surface area contributed by atoms with Gasteiger partial charge in [0.2, 0.25) is 0 Å². The van der Waals surface area contributed by atoms with E-state index in [0.717, 1.165) is 11.4 Å². The van der Waals surface area contributed by atoms with E-state index in [-0.39, 0.29) is 5.41 Å². The Morgan fingerprint density at radius 1 is 0.630 bits per heavy atom. The smallest absolute Gasteiger partial charge is 0.0464 e. The lowest BCUT2D eigenvalue weighted by molar-refractivity contribution is 0.590. The second kappa shape index (κ2) is 5.72. The molecule has 5 aromatic carbocycles. The van der Waals surface area contributed by atoms with Crippen molar-refractivity contribution in [2.75, 3.05) is 5.32 Å². The van der Waals surface area contributed by atoms with Crippen LogP contribution >= 0.6 is 0 Å². The largest absolute Gasteiger partial charge is 0.355 e. The molecule has 0 aromatic heterocycles. The second-order valence-electron chi connectivity index (χ2n) is 8.42. The monoisotopic (exact) mass is 349 g/mol. The van der Waals surface area contributed by atoms with E-state index in [1.165, 1.54) is 37.9 Å². The van der Waals surface area contributed by atoms with E-state index in [9.17, 15) is 0 Å². The van der Waals surface area contributed by atoms with Crippen LogP contribution in [0.5, 0.6) is 0 Å². The van der Waals surface area contributed by atoms with Crippen LogP contribution < -0.4 is 5.32 Å². The lowest BCUT2D eigenvalue weighted by atomic mass is 9.87. The van der Waals surface area contributed by atoms with Gasteiger partial charge < -0.3 is 5.32 Å². The molecule has 0 aliphatic heterocycles. The standard InChI is InChI=1S/C26H23N/c1-26(2,3)20-8-5-9-21(16-20)27-23-15-13-19-11-10-17-6-4-7-18-12-14-22(23)25(19)24(17)18/h4-16,27H,1-3H3. The lowest BCUT2D eigenvalue weighted by Gasteiger charge is -2.20. The summed E-state index contributed by atoms with van der Waals surface area (Å²) < 4.78 is 0. The molecule has 0 saturated carbocycles. The molecule has 0 saturated heterocycles. The fourth-order valence-electron chi connectivity index (χ4n) is 4.06. The maximum Gasteiger partial charge on any atom is 0.0464 e. The highest BCUT2D eigenvalue weighted by Gasteiger charge is 2.14. The van der Waals surface area contributed by atoms with E-state index >= 15 is 0 Å². The Morgan fingerprint density at radius 3 is 2.00 bits per heavy atom. The summed E-state index contributed by atoms with van der Waals surface area (Å²) in [4.78, 5) is 0. The number of benzene rings is 5. The first-order valence-corrected chi connectivity index (χ1v) is 9.55. The zero-order valence-corrected chi connectivity index (χ0v) is 16.0. The van der Waals surface area contributed by atoms with Crippen LogP contribution in [0.4, 0.5) is 11.4 Å². The molecule has 1 N–H and O–H groups in total. The Kier molecular flexibility index (Phi) is 3.42. The van der Waals surface area contributed by atoms with Crippen molar-refractivity contribution < 1.29 is 0 Å². The van der Waals surface area contributed by atoms with Crippen LogP contribution in [-0.2, 0) is 5.41 Å². The van der Waals surface area contributed by atoms with Crippen LogP contribution in [0.15, 0.2) is 78.9 Å². The molecule has 0 heterocycles. The van der Waals surface area contributed by atoms with Gasteiger partial charge in [0.05, 0.1) is 0 Å². The fourth-order valence-corrected chi connectivity index (χ4v) is 4.06. The normalized spacial score (nSPS) is 12.3. The highest BCUT2D eigenvalue weighted by molar-refractivity contribution is 6.25. The molecule has 0 fully saturated rings. The summed E-state index contributed by atoms with van der Waals surface area (Å²) in [6, 6.07) is 28.7. The van der Waals surface area contributed by atoms with E-state index in [4.69, 9.17) is 0 Å². The molecule has 0 aliphatic carbocycles. The lowest BCUT2D eigenvalue weighted by Crippen LogP contribution is -2.11. The first-order valence-electron chi connectivity index (χ1n) is 9.55. The first-order chi connectivity index (χ1) is 13.0. The van der Waals surface area contributed by atoms with Crippen LogP contribution in [0.25, 0.3) is 32.3 Å². The van der Waals surface area contributed by atoms with Crippen LogP contribution in [0.3, 0.4) is 0 Å². The Hall–Kier alpha value is -3.06. The van der Waals surface area contributed by atoms with E-state index in [2.05, 4.69) is 105 Å². The topological polar surface area (TPSA) is 12.0 Å². The van der Waals surface area contributed by atoms with Gasteiger partial charge in [0.15, 0.2) is 0 Å². The van der Waals surface area contributed by atoms with Gasteiger partial charge in [-0.05, 0) is 56.1 Å². The van der Waals surface area contributed by atoms with Crippen LogP contribution in [0, 0.1) is 0 Å². The van der Waals surface area contributed by atoms with Crippen LogP contribution in [-0.4, -0.2) is 0 Å². The van der Waals surface area contributed by atoms with E-state index in [1.54, 1.807) is 0 Å². The minimum absolute atomic E-state index is 0.139. The van der Waals surface area contributed by atoms with Crippen molar-refractivity contribution in [3.8, 4) is 0 Å². The minimum Gasteiger partial charge on any atom is -0.355 e. The van der Waals surface area contributed by atoms with Gasteiger partial charge in [0.1, 0.15) is 0 Å². The summed E-state index contributed by atoms with van der Waals surface area (Å²) in [5.74, 6) is 0. The molecule has 0 amide bonds. The molecule has 1 nitrogen and oxygen atoms in total. The summed E-state index contributed by atoms with van der Waals surface area (Å²) in [6.07, 6.45) is 0. The molecule has 0 atom stereocenters. The SMILES string of the molecule is CC(C)(C)c1cccc(Nc2ccc3ccc4cccc5ccc2c3c45)c1. The Morgan fingerprint density at radius 2 is 1.26 bits per heavy atom. The number of anilines is 2. The first kappa shape index (κ1) is 16.1. The quantitative estimate of drug-likeness (QED) is 0.323. The number of hydrogen-bond acceptors (Lipinski definition) is 1. The molecule has 0 spiro atoms. The molecule has 0 aliphatic rings. The molecule has 132 valence electrons. The zero-order valence-electron chi connectivity index (χ0n) is 16.0. The second-order valence-corrected chi connectivity index (χ2v) is 8.42. The molecule has 1 heteroatoms. The maximum atomic E-state index is 3.67. The van der Waals surface area contributed by atoms with Gasteiger partial charge in [0, 0.05) is 16.8 Å². The van der Waals surface area contributed by atoms with Crippen molar-refractivity contribution in [2.24, 2.45) is 0 Å². The highest BCUT2D eigenvalue weighted by Crippen LogP contribution is 2.38. The van der Waals surface area contributed by atoms with Crippen LogP contribution in [0.2, 0.25) is 0 Å². The third kappa shape index (κ3) is 2.62. The molecule has 0 bridgehead atoms. The van der Waals surface area contributed by atoms with Gasteiger partial charge in [-0.25, -0.2) is 0 Å². The van der Waals surface area contributed by atoms with Gasteiger partial charge in [0.25, 0.3) is 0 Å². The predicted molar refractivity (Wildman–Crippen MR) is 119 cm³/mol. The minimum atomic E-state index is 0.139. The predicted octanol–water partition coefficient (Wildman–Crippen LogP) is 7.63. The van der Waals surface area contributed by atoms with Gasteiger partial charge in [-0.2, -0.15) is 0 Å². The Balaban J connectivity index is 1.70. The molecule has 5 aromatic rings. The number of rotatable bonds is 2. The van der Waals surface area contributed by atoms with Crippen LogP contribution in [0.1, 0.15) is 26.3 Å².